The summed E-state index contributed by atoms with van der Waals surface area (Å²) in [5.41, 5.74) is 1.31. The molecule has 1 aliphatic carbocycles. The Bertz CT molecular complexity index is 487. The fourth-order valence-corrected chi connectivity index (χ4v) is 3.44. The monoisotopic (exact) mass is 302 g/mol. The van der Waals surface area contributed by atoms with Gasteiger partial charge in [-0.15, -0.1) is 0 Å². The fraction of sp³-hybridized carbons (Fsp3) is 0.611. The third-order valence-corrected chi connectivity index (χ3v) is 4.72. The van der Waals surface area contributed by atoms with Crippen molar-refractivity contribution >= 4 is 5.91 Å². The van der Waals surface area contributed by atoms with Crippen LogP contribution in [0.2, 0.25) is 0 Å². The Hall–Kier alpha value is -1.39. The zero-order valence-electron chi connectivity index (χ0n) is 13.2. The van der Waals surface area contributed by atoms with Gasteiger partial charge in [-0.25, -0.2) is 0 Å². The lowest BCUT2D eigenvalue weighted by atomic mass is 9.96. The van der Waals surface area contributed by atoms with E-state index in [1.165, 1.54) is 5.56 Å². The van der Waals surface area contributed by atoms with Crippen LogP contribution < -0.4 is 0 Å². The number of hydrogen-bond donors (Lipinski definition) is 1. The number of benzene rings is 1. The van der Waals surface area contributed by atoms with Gasteiger partial charge in [0.15, 0.2) is 0 Å². The van der Waals surface area contributed by atoms with Crippen molar-refractivity contribution in [2.24, 2.45) is 5.92 Å². The van der Waals surface area contributed by atoms with Crippen LogP contribution in [-0.2, 0) is 11.3 Å². The van der Waals surface area contributed by atoms with Crippen molar-refractivity contribution < 1.29 is 9.90 Å². The molecule has 120 valence electrons. The number of rotatable bonds is 6. The third kappa shape index (κ3) is 3.87. The van der Waals surface area contributed by atoms with Crippen molar-refractivity contribution in [1.29, 1.82) is 0 Å². The molecule has 0 bridgehead atoms. The molecule has 22 heavy (non-hydrogen) atoms. The van der Waals surface area contributed by atoms with Gasteiger partial charge in [0.2, 0.25) is 5.91 Å². The van der Waals surface area contributed by atoms with E-state index in [2.05, 4.69) is 29.2 Å². The number of aliphatic hydroxyl groups is 1. The predicted octanol–water partition coefficient (Wildman–Crippen LogP) is 1.88. The highest BCUT2D eigenvalue weighted by Crippen LogP contribution is 2.30. The van der Waals surface area contributed by atoms with Crippen LogP contribution in [-0.4, -0.2) is 53.1 Å². The van der Waals surface area contributed by atoms with Crippen LogP contribution in [0.1, 0.15) is 31.2 Å². The molecule has 0 radical (unpaired) electrons. The minimum Gasteiger partial charge on any atom is -0.395 e. The molecule has 1 amide bonds. The van der Waals surface area contributed by atoms with Crippen molar-refractivity contribution in [1.82, 2.24) is 9.80 Å². The summed E-state index contributed by atoms with van der Waals surface area (Å²) in [6.07, 6.45) is 4.28. The molecule has 1 N–H and O–H groups in total. The molecule has 0 aromatic heterocycles. The highest BCUT2D eigenvalue weighted by molar-refractivity contribution is 5.79. The molecule has 1 aliphatic heterocycles. The van der Waals surface area contributed by atoms with Gasteiger partial charge in [0.05, 0.1) is 12.5 Å². The van der Waals surface area contributed by atoms with E-state index in [-0.39, 0.29) is 18.4 Å². The van der Waals surface area contributed by atoms with Crippen molar-refractivity contribution in [3.8, 4) is 0 Å². The smallest absolute Gasteiger partial charge is 0.227 e. The maximum atomic E-state index is 12.8. The Kier molecular flexibility index (Phi) is 5.11. The van der Waals surface area contributed by atoms with E-state index in [4.69, 9.17) is 0 Å². The Morgan fingerprint density at radius 1 is 1.23 bits per heavy atom. The molecule has 1 aromatic rings. The molecule has 4 nitrogen and oxygen atoms in total. The number of nitrogens with zero attached hydrogens (tertiary/aromatic N) is 2. The molecule has 1 heterocycles. The molecule has 1 aromatic carbocycles. The van der Waals surface area contributed by atoms with Crippen LogP contribution in [0.4, 0.5) is 0 Å². The van der Waals surface area contributed by atoms with Crippen molar-refractivity contribution in [3.05, 3.63) is 35.9 Å². The Balaban J connectivity index is 1.58. The minimum absolute atomic E-state index is 0.0721. The van der Waals surface area contributed by atoms with Crippen LogP contribution in [0.3, 0.4) is 0 Å². The van der Waals surface area contributed by atoms with Gasteiger partial charge < -0.3 is 10.0 Å². The molecule has 1 atom stereocenters. The summed E-state index contributed by atoms with van der Waals surface area (Å²) < 4.78 is 0. The summed E-state index contributed by atoms with van der Waals surface area (Å²) in [6.45, 7) is 3.42. The van der Waals surface area contributed by atoms with Gasteiger partial charge in [-0.05, 0) is 37.8 Å². The average molecular weight is 302 g/mol. The summed E-state index contributed by atoms with van der Waals surface area (Å²) in [5.74, 6) is 0.360. The van der Waals surface area contributed by atoms with E-state index in [9.17, 15) is 9.90 Å². The van der Waals surface area contributed by atoms with Gasteiger partial charge in [0.25, 0.3) is 0 Å². The van der Waals surface area contributed by atoms with Gasteiger partial charge in [-0.1, -0.05) is 30.3 Å². The van der Waals surface area contributed by atoms with Crippen molar-refractivity contribution in [2.45, 2.75) is 38.3 Å². The summed E-state index contributed by atoms with van der Waals surface area (Å²) in [4.78, 5) is 17.1. The Morgan fingerprint density at radius 3 is 2.68 bits per heavy atom. The van der Waals surface area contributed by atoms with Crippen LogP contribution in [0.15, 0.2) is 30.3 Å². The van der Waals surface area contributed by atoms with E-state index >= 15 is 0 Å². The zero-order chi connectivity index (χ0) is 15.4. The summed E-state index contributed by atoms with van der Waals surface area (Å²) >= 11 is 0. The number of carbonyl (C=O) groups is 1. The van der Waals surface area contributed by atoms with Gasteiger partial charge in [-0.2, -0.15) is 0 Å². The van der Waals surface area contributed by atoms with E-state index in [1.807, 2.05) is 11.0 Å². The van der Waals surface area contributed by atoms with Crippen LogP contribution >= 0.6 is 0 Å². The van der Waals surface area contributed by atoms with Crippen LogP contribution in [0.25, 0.3) is 0 Å². The second-order valence-corrected chi connectivity index (χ2v) is 6.55. The van der Waals surface area contributed by atoms with Crippen molar-refractivity contribution in [2.75, 3.05) is 26.2 Å². The zero-order valence-corrected chi connectivity index (χ0v) is 13.2. The first kappa shape index (κ1) is 15.5. The summed E-state index contributed by atoms with van der Waals surface area (Å²) in [6, 6.07) is 10.9. The Labute approximate surface area is 132 Å². The lowest BCUT2D eigenvalue weighted by Gasteiger charge is -2.35. The van der Waals surface area contributed by atoms with Gasteiger partial charge in [-0.3, -0.25) is 9.69 Å². The van der Waals surface area contributed by atoms with Crippen LogP contribution in [0.5, 0.6) is 0 Å². The first-order chi connectivity index (χ1) is 10.8. The lowest BCUT2D eigenvalue weighted by molar-refractivity contribution is -0.138. The molecule has 3 rings (SSSR count). The SMILES string of the molecule is O=C(C1CCCN(Cc2ccccc2)C1)N(CCO)C1CC1. The Morgan fingerprint density at radius 2 is 2.00 bits per heavy atom. The third-order valence-electron chi connectivity index (χ3n) is 4.72. The van der Waals surface area contributed by atoms with E-state index in [1.54, 1.807) is 0 Å². The number of carbonyl (C=O) groups excluding carboxylic acids is 1. The number of likely N-dealkylation sites (tertiary alicyclic amines) is 1. The van der Waals surface area contributed by atoms with E-state index < -0.39 is 0 Å². The molecular weight excluding hydrogens is 276 g/mol. The quantitative estimate of drug-likeness (QED) is 0.872. The number of hydrogen-bond acceptors (Lipinski definition) is 3. The summed E-state index contributed by atoms with van der Waals surface area (Å²) in [5, 5.41) is 9.20. The number of amides is 1. The molecule has 1 saturated carbocycles. The average Bonchev–Trinajstić information content (AvgIpc) is 3.38. The predicted molar refractivity (Wildman–Crippen MR) is 86.3 cm³/mol. The van der Waals surface area contributed by atoms with Gasteiger partial charge in [0, 0.05) is 25.7 Å². The van der Waals surface area contributed by atoms with Crippen LogP contribution in [0, 0.1) is 5.92 Å². The minimum atomic E-state index is 0.0721. The standard InChI is InChI=1S/C18H26N2O2/c21-12-11-20(17-8-9-17)18(22)16-7-4-10-19(14-16)13-15-5-2-1-3-6-15/h1-3,5-6,16-17,21H,4,7-14H2. The first-order valence-electron chi connectivity index (χ1n) is 8.45. The fourth-order valence-electron chi connectivity index (χ4n) is 3.44. The first-order valence-corrected chi connectivity index (χ1v) is 8.45. The molecule has 2 fully saturated rings. The number of aliphatic hydroxyl groups excluding tert-OH is 1. The highest BCUT2D eigenvalue weighted by atomic mass is 16.3. The maximum absolute atomic E-state index is 12.8. The van der Waals surface area contributed by atoms with Gasteiger partial charge >= 0.3 is 0 Å². The lowest BCUT2D eigenvalue weighted by Crippen LogP contribution is -2.46. The molecule has 0 spiro atoms. The van der Waals surface area contributed by atoms with Gasteiger partial charge in [0.1, 0.15) is 0 Å². The molecular formula is C18H26N2O2. The highest BCUT2D eigenvalue weighted by Gasteiger charge is 2.36. The molecule has 1 unspecified atom stereocenters. The normalized spacial score (nSPS) is 22.5. The second-order valence-electron chi connectivity index (χ2n) is 6.55. The molecule has 1 saturated heterocycles. The number of piperidine rings is 1. The molecule has 2 aliphatic rings. The largest absolute Gasteiger partial charge is 0.395 e. The van der Waals surface area contributed by atoms with Crippen molar-refractivity contribution in [3.63, 3.8) is 0 Å². The van der Waals surface area contributed by atoms with E-state index in [0.717, 1.165) is 45.3 Å². The maximum Gasteiger partial charge on any atom is 0.227 e. The second kappa shape index (κ2) is 7.25. The molecule has 4 heteroatoms. The van der Waals surface area contributed by atoms with E-state index in [0.29, 0.717) is 12.6 Å². The topological polar surface area (TPSA) is 43.8 Å². The summed E-state index contributed by atoms with van der Waals surface area (Å²) in [7, 11) is 0.